The van der Waals surface area contributed by atoms with Crippen molar-refractivity contribution in [3.63, 3.8) is 0 Å². The molecular formula is C30H55N5O11. The van der Waals surface area contributed by atoms with Gasteiger partial charge in [-0.15, -0.1) is 0 Å². The number of hydrogen-bond donors (Lipinski definition) is 8. The third kappa shape index (κ3) is 9.76. The number of carbonyl (C=O) groups excluding carboxylic acids is 2. The monoisotopic (exact) mass is 661 g/mol. The second kappa shape index (κ2) is 17.7. The predicted molar refractivity (Wildman–Crippen MR) is 162 cm³/mol. The highest BCUT2D eigenvalue weighted by Gasteiger charge is 2.51. The first kappa shape index (κ1) is 37.3. The SMILES string of the molecule is NCC1OC(OC2C(N)CC(N)C(OC3OC4COC(=O)CCCCCCCCCCC(=O)OC4C(N)C3O)C2O)C(N)CC1O. The lowest BCUT2D eigenvalue weighted by Gasteiger charge is -2.48. The van der Waals surface area contributed by atoms with E-state index in [1.54, 1.807) is 0 Å². The number of aliphatic hydroxyl groups excluding tert-OH is 3. The highest BCUT2D eigenvalue weighted by Crippen LogP contribution is 2.32. The van der Waals surface area contributed by atoms with Gasteiger partial charge in [-0.1, -0.05) is 38.5 Å². The first-order valence-electron chi connectivity index (χ1n) is 16.7. The Morgan fingerprint density at radius 2 is 1.26 bits per heavy atom. The van der Waals surface area contributed by atoms with Crippen LogP contribution in [0.25, 0.3) is 0 Å². The van der Waals surface area contributed by atoms with E-state index in [0.29, 0.717) is 12.8 Å². The number of nitrogens with two attached hydrogens (primary N) is 5. The third-order valence-corrected chi connectivity index (χ3v) is 9.39. The molecule has 0 radical (unpaired) electrons. The van der Waals surface area contributed by atoms with E-state index in [1.165, 1.54) is 0 Å². The summed E-state index contributed by atoms with van der Waals surface area (Å²) in [7, 11) is 0. The molecule has 14 unspecified atom stereocenters. The first-order valence-corrected chi connectivity index (χ1v) is 16.7. The van der Waals surface area contributed by atoms with E-state index in [2.05, 4.69) is 0 Å². The van der Waals surface area contributed by atoms with E-state index in [9.17, 15) is 24.9 Å². The Morgan fingerprint density at radius 3 is 1.87 bits per heavy atom. The zero-order valence-electron chi connectivity index (χ0n) is 26.5. The van der Waals surface area contributed by atoms with Gasteiger partial charge in [-0.25, -0.2) is 0 Å². The zero-order chi connectivity index (χ0) is 33.4. The van der Waals surface area contributed by atoms with Crippen LogP contribution in [-0.4, -0.2) is 126 Å². The number of carbonyl (C=O) groups is 2. The smallest absolute Gasteiger partial charge is 0.306 e. The molecule has 266 valence electrons. The van der Waals surface area contributed by atoms with Gasteiger partial charge in [0, 0.05) is 31.5 Å². The normalized spacial score (nSPS) is 44.3. The summed E-state index contributed by atoms with van der Waals surface area (Å²) in [5, 5.41) is 32.7. The molecule has 0 bridgehead atoms. The fraction of sp³-hybridized carbons (Fsp3) is 0.933. The standard InChI is InChI=1S/C30H55N5O11/c31-13-19-18(36)12-17(34)29(42-19)45-26-15(32)11-16(33)27(25(26)40)46-30-24(39)23(35)28-20(43-30)14-41-21(37)9-7-5-3-1-2-4-6-8-10-22(38)44-28/h15-20,23-30,36,39-40H,1-14,31-35H2. The second-order valence-corrected chi connectivity index (χ2v) is 13.1. The van der Waals surface area contributed by atoms with E-state index in [1.807, 2.05) is 0 Å². The molecule has 3 heterocycles. The topological polar surface area (TPSA) is 280 Å². The van der Waals surface area contributed by atoms with E-state index in [-0.39, 0.29) is 38.8 Å². The molecule has 4 fully saturated rings. The number of fused-ring (bicyclic) bond motifs is 1. The Balaban J connectivity index is 1.45. The van der Waals surface area contributed by atoms with Crippen LogP contribution in [0.5, 0.6) is 0 Å². The minimum Gasteiger partial charge on any atom is -0.463 e. The second-order valence-electron chi connectivity index (χ2n) is 13.1. The van der Waals surface area contributed by atoms with E-state index < -0.39 is 97.5 Å². The average Bonchev–Trinajstić information content (AvgIpc) is 3.01. The van der Waals surface area contributed by atoms with Crippen molar-refractivity contribution >= 4 is 11.9 Å². The molecule has 0 aromatic heterocycles. The van der Waals surface area contributed by atoms with Gasteiger partial charge in [0.25, 0.3) is 0 Å². The molecule has 1 saturated carbocycles. The van der Waals surface area contributed by atoms with Crippen LogP contribution in [0.2, 0.25) is 0 Å². The highest BCUT2D eigenvalue weighted by atomic mass is 16.7. The number of esters is 2. The molecule has 0 aromatic rings. The van der Waals surface area contributed by atoms with Gasteiger partial charge in [0.05, 0.1) is 24.3 Å². The minimum absolute atomic E-state index is 0.0353. The Hall–Kier alpha value is -1.54. The lowest BCUT2D eigenvalue weighted by atomic mass is 9.84. The predicted octanol–water partition coefficient (Wildman–Crippen LogP) is -2.28. The number of cyclic esters (lactones) is 1. The van der Waals surface area contributed by atoms with E-state index in [4.69, 9.17) is 57.1 Å². The largest absolute Gasteiger partial charge is 0.463 e. The van der Waals surface area contributed by atoms with Crippen molar-refractivity contribution in [2.75, 3.05) is 13.2 Å². The molecule has 0 aromatic carbocycles. The van der Waals surface area contributed by atoms with Crippen LogP contribution >= 0.6 is 0 Å². The van der Waals surface area contributed by atoms with E-state index in [0.717, 1.165) is 38.5 Å². The summed E-state index contributed by atoms with van der Waals surface area (Å²) < 4.78 is 35.0. The summed E-state index contributed by atoms with van der Waals surface area (Å²) in [4.78, 5) is 25.2. The first-order chi connectivity index (χ1) is 22.0. The van der Waals surface area contributed by atoms with Gasteiger partial charge in [0.15, 0.2) is 12.6 Å². The lowest BCUT2D eigenvalue weighted by Crippen LogP contribution is -2.68. The van der Waals surface area contributed by atoms with Crippen LogP contribution in [0, 0.1) is 0 Å². The Bertz CT molecular complexity index is 968. The Labute approximate surface area is 269 Å². The Morgan fingerprint density at radius 1 is 0.696 bits per heavy atom. The molecule has 13 N–H and O–H groups in total. The minimum atomic E-state index is -1.50. The van der Waals surface area contributed by atoms with Crippen molar-refractivity contribution in [2.45, 2.75) is 163 Å². The van der Waals surface area contributed by atoms with Crippen LogP contribution in [0.15, 0.2) is 0 Å². The molecule has 16 nitrogen and oxygen atoms in total. The molecule has 0 amide bonds. The number of aliphatic hydroxyl groups is 3. The Kier molecular flexibility index (Phi) is 14.4. The lowest BCUT2D eigenvalue weighted by molar-refractivity contribution is -0.316. The summed E-state index contributed by atoms with van der Waals surface area (Å²) in [6.45, 7) is -0.258. The quantitative estimate of drug-likeness (QED) is 0.144. The summed E-state index contributed by atoms with van der Waals surface area (Å²) in [5.74, 6) is -0.927. The molecule has 4 rings (SSSR count). The fourth-order valence-electron chi connectivity index (χ4n) is 6.61. The maximum absolute atomic E-state index is 12.7. The molecule has 3 saturated heterocycles. The number of hydrogen-bond acceptors (Lipinski definition) is 16. The maximum atomic E-state index is 12.7. The highest BCUT2D eigenvalue weighted by molar-refractivity contribution is 5.70. The number of rotatable bonds is 5. The van der Waals surface area contributed by atoms with Gasteiger partial charge in [-0.2, -0.15) is 0 Å². The van der Waals surface area contributed by atoms with Crippen LogP contribution < -0.4 is 28.7 Å². The average molecular weight is 662 g/mol. The molecule has 1 aliphatic carbocycles. The van der Waals surface area contributed by atoms with Gasteiger partial charge >= 0.3 is 11.9 Å². The number of ether oxygens (including phenoxy) is 6. The van der Waals surface area contributed by atoms with Gasteiger partial charge in [0.2, 0.25) is 0 Å². The van der Waals surface area contributed by atoms with Crippen molar-refractivity contribution < 1.29 is 53.3 Å². The van der Waals surface area contributed by atoms with Crippen LogP contribution in [0.4, 0.5) is 0 Å². The van der Waals surface area contributed by atoms with Crippen molar-refractivity contribution in [1.29, 1.82) is 0 Å². The molecule has 46 heavy (non-hydrogen) atoms. The van der Waals surface area contributed by atoms with E-state index >= 15 is 0 Å². The van der Waals surface area contributed by atoms with Crippen LogP contribution in [0.3, 0.4) is 0 Å². The van der Waals surface area contributed by atoms with Gasteiger partial charge in [-0.3, -0.25) is 9.59 Å². The maximum Gasteiger partial charge on any atom is 0.306 e. The van der Waals surface area contributed by atoms with Crippen LogP contribution in [0.1, 0.15) is 77.0 Å². The molecular weight excluding hydrogens is 606 g/mol. The molecule has 14 atom stereocenters. The molecule has 3 aliphatic heterocycles. The summed E-state index contributed by atoms with van der Waals surface area (Å²) in [6.07, 6.45) is -3.28. The summed E-state index contributed by atoms with van der Waals surface area (Å²) in [5.41, 5.74) is 30.9. The molecule has 4 aliphatic rings. The van der Waals surface area contributed by atoms with Crippen molar-refractivity contribution in [2.24, 2.45) is 28.7 Å². The van der Waals surface area contributed by atoms with Crippen molar-refractivity contribution in [1.82, 2.24) is 0 Å². The molecule has 0 spiro atoms. The van der Waals surface area contributed by atoms with Gasteiger partial charge < -0.3 is 72.4 Å². The summed E-state index contributed by atoms with van der Waals surface area (Å²) >= 11 is 0. The van der Waals surface area contributed by atoms with Crippen molar-refractivity contribution in [3.8, 4) is 0 Å². The van der Waals surface area contributed by atoms with Crippen LogP contribution in [-0.2, 0) is 38.0 Å². The summed E-state index contributed by atoms with van der Waals surface area (Å²) in [6, 6.07) is -3.42. The third-order valence-electron chi connectivity index (χ3n) is 9.39. The van der Waals surface area contributed by atoms with Gasteiger partial charge in [-0.05, 0) is 25.7 Å². The fourth-order valence-corrected chi connectivity index (χ4v) is 6.61. The van der Waals surface area contributed by atoms with Gasteiger partial charge in [0.1, 0.15) is 43.2 Å². The zero-order valence-corrected chi connectivity index (χ0v) is 26.5. The molecule has 16 heteroatoms. The van der Waals surface area contributed by atoms with Crippen molar-refractivity contribution in [3.05, 3.63) is 0 Å².